The zero-order valence-electron chi connectivity index (χ0n) is 12.1. The third kappa shape index (κ3) is 6.27. The highest BCUT2D eigenvalue weighted by Gasteiger charge is 2.38. The molecule has 0 heterocycles. The minimum atomic E-state index is -2.04. The van der Waals surface area contributed by atoms with Gasteiger partial charge >= 0.3 is 5.97 Å². The van der Waals surface area contributed by atoms with E-state index in [1.807, 2.05) is 39.3 Å². The van der Waals surface area contributed by atoms with Crippen molar-refractivity contribution in [3.63, 3.8) is 0 Å². The minimum Gasteiger partial charge on any atom is -0.480 e. The molecule has 0 amide bonds. The molecule has 0 rings (SSSR count). The van der Waals surface area contributed by atoms with Crippen molar-refractivity contribution in [2.75, 3.05) is 13.2 Å². The number of carboxylic acids is 1. The highest BCUT2D eigenvalue weighted by molar-refractivity contribution is 6.80. The average molecular weight is 292 g/mol. The van der Waals surface area contributed by atoms with Gasteiger partial charge in [-0.15, -0.1) is 4.91 Å². The Labute approximate surface area is 110 Å². The first kappa shape index (κ1) is 17.3. The van der Waals surface area contributed by atoms with Gasteiger partial charge in [0.2, 0.25) is 0 Å². The van der Waals surface area contributed by atoms with Crippen molar-refractivity contribution >= 4 is 22.4 Å². The van der Waals surface area contributed by atoms with Crippen LogP contribution in [0.25, 0.3) is 0 Å². The van der Waals surface area contributed by atoms with Crippen LogP contribution in [0, 0.1) is 4.91 Å². The van der Waals surface area contributed by atoms with Gasteiger partial charge in [-0.2, -0.15) is 0 Å². The van der Waals surface area contributed by atoms with Gasteiger partial charge in [0.25, 0.3) is 0 Å². The second-order valence-electron chi connectivity index (χ2n) is 6.31. The Bertz CT molecular complexity index is 299. The maximum absolute atomic E-state index is 11.3. The molecule has 106 valence electrons. The first-order valence-corrected chi connectivity index (χ1v) is 12.9. The van der Waals surface area contributed by atoms with E-state index in [9.17, 15) is 14.8 Å². The topological polar surface area (TPSA) is 79.2 Å². The van der Waals surface area contributed by atoms with E-state index in [2.05, 4.69) is 5.29 Å². The molecule has 0 saturated heterocycles. The molecule has 0 aliphatic rings. The van der Waals surface area contributed by atoms with Gasteiger partial charge < -0.3 is 9.53 Å². The van der Waals surface area contributed by atoms with Crippen LogP contribution in [0.2, 0.25) is 39.3 Å². The Kier molecular flexibility index (Phi) is 6.17. The van der Waals surface area contributed by atoms with Crippen LogP contribution in [0.15, 0.2) is 5.29 Å². The Balaban J connectivity index is 4.64. The molecule has 0 aromatic rings. The maximum Gasteiger partial charge on any atom is 0.324 e. The van der Waals surface area contributed by atoms with Crippen molar-refractivity contribution in [1.29, 1.82) is 0 Å². The summed E-state index contributed by atoms with van der Waals surface area (Å²) in [6.07, 6.45) is 0. The van der Waals surface area contributed by atoms with E-state index in [0.717, 1.165) is 5.01 Å². The quantitative estimate of drug-likeness (QED) is 0.421. The first-order valence-electron chi connectivity index (χ1n) is 5.95. The summed E-state index contributed by atoms with van der Waals surface area (Å²) in [6, 6.07) is 0. The fraction of sp³-hybridized carbons (Fsp3) is 0.900. The lowest BCUT2D eigenvalue weighted by Crippen LogP contribution is -2.54. The molecule has 0 spiro atoms. The molecule has 0 saturated carbocycles. The van der Waals surface area contributed by atoms with Crippen molar-refractivity contribution < 1.29 is 14.3 Å². The molecule has 1 N–H and O–H groups in total. The lowest BCUT2D eigenvalue weighted by Gasteiger charge is -2.32. The molecule has 6 nitrogen and oxygen atoms in total. The monoisotopic (exact) mass is 292 g/mol. The summed E-state index contributed by atoms with van der Waals surface area (Å²) < 4.78 is 5.63. The molecule has 1 atom stereocenters. The number of hydrogen-bond acceptors (Lipinski definition) is 4. The molecule has 0 radical (unpaired) electrons. The number of rotatable bonds is 8. The normalized spacial score (nSPS) is 14.1. The van der Waals surface area contributed by atoms with E-state index < -0.39 is 28.0 Å². The molecule has 1 unspecified atom stereocenters. The predicted octanol–water partition coefficient (Wildman–Crippen LogP) is 2.15. The fourth-order valence-corrected chi connectivity index (χ4v) is 4.12. The van der Waals surface area contributed by atoms with Gasteiger partial charge in [-0.3, -0.25) is 4.79 Å². The average Bonchev–Trinajstić information content (AvgIpc) is 2.11. The number of aliphatic carboxylic acids is 1. The zero-order valence-corrected chi connectivity index (χ0v) is 14.1. The Hall–Kier alpha value is -0.736. The van der Waals surface area contributed by atoms with E-state index >= 15 is 0 Å². The lowest BCUT2D eigenvalue weighted by molar-refractivity contribution is -0.140. The molecule has 0 aromatic heterocycles. The minimum absolute atomic E-state index is 0.231. The number of hydrogen-bond donors (Lipinski definition) is 1. The van der Waals surface area contributed by atoms with Crippen LogP contribution in [0.4, 0.5) is 0 Å². The van der Waals surface area contributed by atoms with Gasteiger partial charge in [0.1, 0.15) is 5.67 Å². The van der Waals surface area contributed by atoms with Gasteiger partial charge in [-0.25, -0.2) is 5.01 Å². The number of carboxylic acid groups (broad SMARTS) is 1. The van der Waals surface area contributed by atoms with Crippen LogP contribution < -0.4 is 0 Å². The number of nitroso groups, excluding NO2 is 1. The largest absolute Gasteiger partial charge is 0.480 e. The van der Waals surface area contributed by atoms with Crippen molar-refractivity contribution in [2.24, 2.45) is 5.29 Å². The maximum atomic E-state index is 11.3. The van der Waals surface area contributed by atoms with Crippen LogP contribution in [0.5, 0.6) is 0 Å². The molecular formula is C10H24N2O4Si2. The third-order valence-electron chi connectivity index (χ3n) is 2.31. The van der Waals surface area contributed by atoms with Crippen molar-refractivity contribution in [3.8, 4) is 0 Å². The van der Waals surface area contributed by atoms with E-state index in [-0.39, 0.29) is 6.54 Å². The molecular weight excluding hydrogens is 268 g/mol. The van der Waals surface area contributed by atoms with Crippen LogP contribution in [-0.2, 0) is 9.22 Å². The number of nitrogens with zero attached hydrogens (tertiary/aromatic N) is 2. The summed E-state index contributed by atoms with van der Waals surface area (Å²) in [7, 11) is -3.69. The summed E-state index contributed by atoms with van der Waals surface area (Å²) in [5, 5.41) is 13.2. The summed E-state index contributed by atoms with van der Waals surface area (Å²) in [5.41, 5.74) is -0.805. The summed E-state index contributed by atoms with van der Waals surface area (Å²) in [4.78, 5) is 22.1. The smallest absolute Gasteiger partial charge is 0.324 e. The van der Waals surface area contributed by atoms with Gasteiger partial charge in [0.15, 0.2) is 8.32 Å². The van der Waals surface area contributed by atoms with Crippen molar-refractivity contribution in [2.45, 2.75) is 44.9 Å². The summed E-state index contributed by atoms with van der Waals surface area (Å²) >= 11 is 0. The van der Waals surface area contributed by atoms with Gasteiger partial charge in [0.05, 0.1) is 26.5 Å². The SMILES string of the molecule is C[Si](C)(C)OCCN(N=O)C(C(=O)O)[Si](C)(C)C. The van der Waals surface area contributed by atoms with E-state index in [1.54, 1.807) is 0 Å². The van der Waals surface area contributed by atoms with Crippen LogP contribution >= 0.6 is 0 Å². The van der Waals surface area contributed by atoms with E-state index in [4.69, 9.17) is 4.43 Å². The Morgan fingerprint density at radius 2 is 1.78 bits per heavy atom. The molecule has 0 bridgehead atoms. The van der Waals surface area contributed by atoms with Crippen molar-refractivity contribution in [1.82, 2.24) is 5.01 Å². The predicted molar refractivity (Wildman–Crippen MR) is 76.6 cm³/mol. The summed E-state index contributed by atoms with van der Waals surface area (Å²) in [5.74, 6) is -0.984. The second kappa shape index (κ2) is 6.44. The van der Waals surface area contributed by atoms with Crippen molar-refractivity contribution in [3.05, 3.63) is 4.91 Å². The molecule has 18 heavy (non-hydrogen) atoms. The second-order valence-corrected chi connectivity index (χ2v) is 16.1. The zero-order chi connectivity index (χ0) is 14.6. The van der Waals surface area contributed by atoms with E-state index in [1.165, 1.54) is 0 Å². The van der Waals surface area contributed by atoms with Gasteiger partial charge in [0, 0.05) is 0 Å². The molecule has 0 aromatic carbocycles. The van der Waals surface area contributed by atoms with Crippen LogP contribution in [-0.4, -0.2) is 51.3 Å². The Morgan fingerprint density at radius 1 is 1.28 bits per heavy atom. The molecule has 8 heteroatoms. The standard InChI is InChI=1S/C10H24N2O4Si2/c1-17(2,3)9(10(13)14)12(11-15)7-8-16-18(4,5)6/h9H,7-8H2,1-6H3,(H,13,14). The molecule has 0 aliphatic heterocycles. The highest BCUT2D eigenvalue weighted by atomic mass is 28.4. The summed E-state index contributed by atoms with van der Waals surface area (Å²) in [6.45, 7) is 12.4. The molecule has 0 fully saturated rings. The number of carbonyl (C=O) groups is 1. The third-order valence-corrected chi connectivity index (χ3v) is 5.57. The first-order chi connectivity index (χ1) is 7.99. The van der Waals surface area contributed by atoms with Crippen LogP contribution in [0.1, 0.15) is 0 Å². The van der Waals surface area contributed by atoms with Gasteiger partial charge in [-0.1, -0.05) is 19.6 Å². The Morgan fingerprint density at radius 3 is 2.06 bits per heavy atom. The molecule has 0 aliphatic carbocycles. The lowest BCUT2D eigenvalue weighted by atomic mass is 10.5. The van der Waals surface area contributed by atoms with E-state index in [0.29, 0.717) is 6.61 Å². The van der Waals surface area contributed by atoms with Gasteiger partial charge in [-0.05, 0) is 19.6 Å². The highest BCUT2D eigenvalue weighted by Crippen LogP contribution is 2.16. The van der Waals surface area contributed by atoms with Crippen LogP contribution in [0.3, 0.4) is 0 Å². The fourth-order valence-electron chi connectivity index (χ4n) is 1.61.